The van der Waals surface area contributed by atoms with E-state index < -0.39 is 5.97 Å². The Morgan fingerprint density at radius 2 is 2.26 bits per heavy atom. The van der Waals surface area contributed by atoms with Crippen molar-refractivity contribution in [1.29, 1.82) is 0 Å². The van der Waals surface area contributed by atoms with E-state index in [0.29, 0.717) is 18.8 Å². The molecule has 5 nitrogen and oxygen atoms in total. The van der Waals surface area contributed by atoms with Gasteiger partial charge in [-0.3, -0.25) is 4.68 Å². The molecule has 0 atom stereocenters. The number of hydrogen-bond acceptors (Lipinski definition) is 3. The zero-order chi connectivity index (χ0) is 13.8. The lowest BCUT2D eigenvalue weighted by Gasteiger charge is -2.07. The molecule has 0 amide bonds. The van der Waals surface area contributed by atoms with E-state index in [0.717, 1.165) is 10.0 Å². The maximum atomic E-state index is 11.0. The maximum Gasteiger partial charge on any atom is 0.339 e. The van der Waals surface area contributed by atoms with E-state index in [1.807, 2.05) is 24.3 Å². The van der Waals surface area contributed by atoms with Gasteiger partial charge in [-0.2, -0.15) is 5.10 Å². The van der Waals surface area contributed by atoms with Gasteiger partial charge in [0.25, 0.3) is 0 Å². The van der Waals surface area contributed by atoms with Crippen LogP contribution in [0.15, 0.2) is 34.9 Å². The van der Waals surface area contributed by atoms with Crippen molar-refractivity contribution >= 4 is 21.9 Å². The number of carboxylic acid groups (broad SMARTS) is 1. The molecule has 2 aromatic rings. The highest BCUT2D eigenvalue weighted by molar-refractivity contribution is 9.10. The highest BCUT2D eigenvalue weighted by Gasteiger charge is 2.14. The van der Waals surface area contributed by atoms with Crippen LogP contribution in [0.25, 0.3) is 0 Å². The van der Waals surface area contributed by atoms with Crippen LogP contribution < -0.4 is 5.32 Å². The SMILES string of the molecule is Cn1ncc(C(=O)O)c1CNCc1cccc(Br)c1. The number of carbonyl (C=O) groups is 1. The number of halogens is 1. The minimum Gasteiger partial charge on any atom is -0.478 e. The topological polar surface area (TPSA) is 67.2 Å². The first-order chi connectivity index (χ1) is 9.08. The molecule has 6 heteroatoms. The summed E-state index contributed by atoms with van der Waals surface area (Å²) in [7, 11) is 1.74. The largest absolute Gasteiger partial charge is 0.478 e. The summed E-state index contributed by atoms with van der Waals surface area (Å²) in [5.74, 6) is -0.952. The number of aromatic nitrogens is 2. The summed E-state index contributed by atoms with van der Waals surface area (Å²) in [5.41, 5.74) is 2.04. The first-order valence-corrected chi connectivity index (χ1v) is 6.56. The Morgan fingerprint density at radius 1 is 1.47 bits per heavy atom. The van der Waals surface area contributed by atoms with Gasteiger partial charge in [0.05, 0.1) is 11.9 Å². The third kappa shape index (κ3) is 3.42. The third-order valence-corrected chi connectivity index (χ3v) is 3.30. The van der Waals surface area contributed by atoms with Gasteiger partial charge in [0.1, 0.15) is 5.56 Å². The molecule has 0 bridgehead atoms. The van der Waals surface area contributed by atoms with Crippen LogP contribution in [0.2, 0.25) is 0 Å². The predicted octanol–water partition coefficient (Wildman–Crippen LogP) is 2.17. The van der Waals surface area contributed by atoms with E-state index in [4.69, 9.17) is 5.11 Å². The van der Waals surface area contributed by atoms with Gasteiger partial charge >= 0.3 is 5.97 Å². The minimum absolute atomic E-state index is 0.240. The fourth-order valence-corrected chi connectivity index (χ4v) is 2.27. The molecule has 2 N–H and O–H groups in total. The number of aryl methyl sites for hydroxylation is 1. The van der Waals surface area contributed by atoms with Crippen molar-refractivity contribution in [2.75, 3.05) is 0 Å². The van der Waals surface area contributed by atoms with Crippen LogP contribution in [0, 0.1) is 0 Å². The van der Waals surface area contributed by atoms with E-state index in [-0.39, 0.29) is 5.56 Å². The van der Waals surface area contributed by atoms with E-state index >= 15 is 0 Å². The summed E-state index contributed by atoms with van der Waals surface area (Å²) in [6, 6.07) is 7.97. The first kappa shape index (κ1) is 13.8. The molecule has 0 unspecified atom stereocenters. The number of nitrogens with zero attached hydrogens (tertiary/aromatic N) is 2. The van der Waals surface area contributed by atoms with Crippen LogP contribution in [0.4, 0.5) is 0 Å². The summed E-state index contributed by atoms with van der Waals surface area (Å²) in [4.78, 5) is 11.0. The molecule has 0 radical (unpaired) electrons. The van der Waals surface area contributed by atoms with Crippen LogP contribution in [0.1, 0.15) is 21.6 Å². The van der Waals surface area contributed by atoms with Crippen LogP contribution >= 0.6 is 15.9 Å². The maximum absolute atomic E-state index is 11.0. The third-order valence-electron chi connectivity index (χ3n) is 2.80. The summed E-state index contributed by atoms with van der Waals surface area (Å²) in [6.07, 6.45) is 1.37. The molecule has 1 aromatic heterocycles. The summed E-state index contributed by atoms with van der Waals surface area (Å²) in [5, 5.41) is 16.2. The van der Waals surface area contributed by atoms with Gasteiger partial charge in [-0.05, 0) is 17.7 Å². The molecule has 0 fully saturated rings. The van der Waals surface area contributed by atoms with Crippen molar-refractivity contribution in [3.63, 3.8) is 0 Å². The lowest BCUT2D eigenvalue weighted by molar-refractivity contribution is 0.0695. The van der Waals surface area contributed by atoms with Crippen LogP contribution in [-0.4, -0.2) is 20.9 Å². The zero-order valence-electron chi connectivity index (χ0n) is 10.4. The second kappa shape index (κ2) is 5.99. The molecule has 0 aliphatic carbocycles. The van der Waals surface area contributed by atoms with Crippen molar-refractivity contribution < 1.29 is 9.90 Å². The Kier molecular flexibility index (Phi) is 4.34. The lowest BCUT2D eigenvalue weighted by Crippen LogP contribution is -2.17. The first-order valence-electron chi connectivity index (χ1n) is 5.77. The molecule has 0 aliphatic heterocycles. The lowest BCUT2D eigenvalue weighted by atomic mass is 10.2. The van der Waals surface area contributed by atoms with Gasteiger partial charge in [0.15, 0.2) is 0 Å². The average Bonchev–Trinajstić information content (AvgIpc) is 2.71. The number of nitrogens with one attached hydrogen (secondary N) is 1. The summed E-state index contributed by atoms with van der Waals surface area (Å²) in [6.45, 7) is 1.13. The fourth-order valence-electron chi connectivity index (χ4n) is 1.82. The molecular weight excluding hydrogens is 310 g/mol. The molecule has 2 rings (SSSR count). The van der Waals surface area contributed by atoms with E-state index in [1.165, 1.54) is 6.20 Å². The molecule has 100 valence electrons. The van der Waals surface area contributed by atoms with Crippen molar-refractivity contribution in [2.24, 2.45) is 7.05 Å². The number of aromatic carboxylic acids is 1. The quantitative estimate of drug-likeness (QED) is 0.885. The Morgan fingerprint density at radius 3 is 2.95 bits per heavy atom. The molecule has 0 spiro atoms. The van der Waals surface area contributed by atoms with E-state index in [9.17, 15) is 4.79 Å². The molecule has 1 heterocycles. The smallest absolute Gasteiger partial charge is 0.339 e. The van der Waals surface area contributed by atoms with Crippen LogP contribution in [0.5, 0.6) is 0 Å². The highest BCUT2D eigenvalue weighted by Crippen LogP contribution is 2.12. The molecule has 0 saturated heterocycles. The zero-order valence-corrected chi connectivity index (χ0v) is 12.0. The molecule has 0 aliphatic rings. The summed E-state index contributed by atoms with van der Waals surface area (Å²) >= 11 is 3.42. The van der Waals surface area contributed by atoms with Crippen LogP contribution in [-0.2, 0) is 20.1 Å². The van der Waals surface area contributed by atoms with Gasteiger partial charge in [0.2, 0.25) is 0 Å². The Bertz CT molecular complexity index is 595. The van der Waals surface area contributed by atoms with Crippen molar-refractivity contribution in [2.45, 2.75) is 13.1 Å². The van der Waals surface area contributed by atoms with Gasteiger partial charge in [0, 0.05) is 24.6 Å². The van der Waals surface area contributed by atoms with Crippen molar-refractivity contribution in [3.05, 3.63) is 51.8 Å². The summed E-state index contributed by atoms with van der Waals surface area (Å²) < 4.78 is 2.61. The number of rotatable bonds is 5. The Balaban J connectivity index is 2.00. The fraction of sp³-hybridized carbons (Fsp3) is 0.231. The van der Waals surface area contributed by atoms with Crippen molar-refractivity contribution in [3.8, 4) is 0 Å². The molecule has 19 heavy (non-hydrogen) atoms. The number of hydrogen-bond donors (Lipinski definition) is 2. The molecule has 1 aromatic carbocycles. The standard InChI is InChI=1S/C13H14BrN3O2/c1-17-12(11(7-16-17)13(18)19)8-15-6-9-3-2-4-10(14)5-9/h2-5,7,15H,6,8H2,1H3,(H,18,19). The number of carboxylic acids is 1. The molecule has 0 saturated carbocycles. The van der Waals surface area contributed by atoms with Gasteiger partial charge in [-0.1, -0.05) is 28.1 Å². The minimum atomic E-state index is -0.952. The highest BCUT2D eigenvalue weighted by atomic mass is 79.9. The second-order valence-corrected chi connectivity index (χ2v) is 5.08. The Labute approximate surface area is 119 Å². The van der Waals surface area contributed by atoms with Gasteiger partial charge in [-0.15, -0.1) is 0 Å². The van der Waals surface area contributed by atoms with Crippen LogP contribution in [0.3, 0.4) is 0 Å². The number of benzene rings is 1. The average molecular weight is 324 g/mol. The van der Waals surface area contributed by atoms with E-state index in [2.05, 4.69) is 26.3 Å². The second-order valence-electron chi connectivity index (χ2n) is 4.17. The molecular formula is C13H14BrN3O2. The predicted molar refractivity (Wildman–Crippen MR) is 74.9 cm³/mol. The Hall–Kier alpha value is -1.66. The normalized spacial score (nSPS) is 10.6. The van der Waals surface area contributed by atoms with Gasteiger partial charge in [-0.25, -0.2) is 4.79 Å². The monoisotopic (exact) mass is 323 g/mol. The van der Waals surface area contributed by atoms with E-state index in [1.54, 1.807) is 11.7 Å². The van der Waals surface area contributed by atoms with Crippen molar-refractivity contribution in [1.82, 2.24) is 15.1 Å². The van der Waals surface area contributed by atoms with Gasteiger partial charge < -0.3 is 10.4 Å².